The van der Waals surface area contributed by atoms with Crippen LogP contribution in [-0.4, -0.2) is 50.1 Å². The molecule has 0 bridgehead atoms. The first-order valence-corrected chi connectivity index (χ1v) is 10.1. The quantitative estimate of drug-likeness (QED) is 0.410. The summed E-state index contributed by atoms with van der Waals surface area (Å²) in [6.45, 7) is 0.0636. The fraction of sp³-hybridized carbons (Fsp3) is 0.222. The summed E-state index contributed by atoms with van der Waals surface area (Å²) in [4.78, 5) is 24.0. The van der Waals surface area contributed by atoms with Crippen molar-refractivity contribution in [2.75, 3.05) is 0 Å². The molecule has 1 amide bonds. The third-order valence-corrected chi connectivity index (χ3v) is 5.47. The summed E-state index contributed by atoms with van der Waals surface area (Å²) >= 11 is 1.51. The second kappa shape index (κ2) is 8.26. The van der Waals surface area contributed by atoms with Gasteiger partial charge in [0.2, 0.25) is 5.91 Å². The molecule has 3 aromatic rings. The number of benzene rings is 1. The zero-order chi connectivity index (χ0) is 21.3. The number of fused-ring (bicyclic) bond motifs is 1. The maximum Gasteiger partial charge on any atom is 0.547 e. The highest BCUT2D eigenvalue weighted by atomic mass is 32.1. The van der Waals surface area contributed by atoms with E-state index in [0.717, 1.165) is 5.56 Å². The van der Waals surface area contributed by atoms with Gasteiger partial charge in [-0.2, -0.15) is 11.3 Å². The van der Waals surface area contributed by atoms with E-state index >= 15 is 0 Å². The predicted octanol–water partition coefficient (Wildman–Crippen LogP) is 0.303. The van der Waals surface area contributed by atoms with Crippen molar-refractivity contribution in [3.05, 3.63) is 51.8 Å². The summed E-state index contributed by atoms with van der Waals surface area (Å²) in [7, 11) is -1.38. The van der Waals surface area contributed by atoms with Gasteiger partial charge in [0.25, 0.3) is 0 Å². The smallest absolute Gasteiger partial charge is 0.534 e. The molecule has 2 aromatic heterocycles. The van der Waals surface area contributed by atoms with Crippen molar-refractivity contribution < 1.29 is 24.4 Å². The summed E-state index contributed by atoms with van der Waals surface area (Å²) in [5.41, 5.74) is 8.43. The number of carbonyl (C=O) groups excluding carboxylic acids is 1. The van der Waals surface area contributed by atoms with Crippen LogP contribution < -0.4 is 15.7 Å². The Labute approximate surface area is 175 Å². The first-order valence-electron chi connectivity index (χ1n) is 9.12. The lowest BCUT2D eigenvalue weighted by Crippen LogP contribution is -2.53. The third kappa shape index (κ3) is 3.79. The topological polar surface area (TPSA) is 153 Å². The van der Waals surface area contributed by atoms with Gasteiger partial charge in [-0.25, -0.2) is 9.48 Å². The number of hydrogen-bond acceptors (Lipinski definition) is 8. The summed E-state index contributed by atoms with van der Waals surface area (Å²) < 4.78 is 6.87. The number of amides is 1. The lowest BCUT2D eigenvalue weighted by molar-refractivity contribution is -0.122. The molecule has 4 rings (SSSR count). The number of carbonyl (C=O) groups is 2. The lowest BCUT2D eigenvalue weighted by Gasteiger charge is -2.28. The number of aromatic nitrogens is 3. The number of aromatic carboxylic acids is 1. The van der Waals surface area contributed by atoms with Crippen LogP contribution in [0.2, 0.25) is 0 Å². The van der Waals surface area contributed by atoms with E-state index in [-0.39, 0.29) is 30.8 Å². The minimum absolute atomic E-state index is 0.0336. The van der Waals surface area contributed by atoms with Crippen molar-refractivity contribution in [1.29, 1.82) is 0 Å². The van der Waals surface area contributed by atoms with Gasteiger partial charge in [0.05, 0.1) is 17.2 Å². The highest BCUT2D eigenvalue weighted by Crippen LogP contribution is 2.30. The molecule has 5 N–H and O–H groups in total. The van der Waals surface area contributed by atoms with Gasteiger partial charge in [0.1, 0.15) is 18.0 Å². The van der Waals surface area contributed by atoms with Crippen LogP contribution >= 0.6 is 11.3 Å². The first kappa shape index (κ1) is 20.1. The number of nitrogens with one attached hydrogen (secondary N) is 1. The largest absolute Gasteiger partial charge is 0.547 e. The van der Waals surface area contributed by atoms with Gasteiger partial charge in [-0.3, -0.25) is 4.79 Å². The van der Waals surface area contributed by atoms with Crippen LogP contribution in [0.25, 0.3) is 11.3 Å². The van der Waals surface area contributed by atoms with Gasteiger partial charge in [-0.1, -0.05) is 17.3 Å². The van der Waals surface area contributed by atoms with E-state index in [0.29, 0.717) is 17.0 Å². The van der Waals surface area contributed by atoms with Crippen molar-refractivity contribution >= 4 is 30.3 Å². The number of nitrogens with zero attached hydrogens (tertiary/aromatic N) is 3. The first-order chi connectivity index (χ1) is 14.5. The summed E-state index contributed by atoms with van der Waals surface area (Å²) in [6.07, 6.45) is 0.228. The molecule has 0 fully saturated rings. The normalized spacial score (nSPS) is 15.4. The zero-order valence-electron chi connectivity index (χ0n) is 15.7. The minimum atomic E-state index is -1.38. The third-order valence-electron chi connectivity index (χ3n) is 4.78. The molecule has 1 unspecified atom stereocenters. The standard InChI is InChI=1S/C18H18BN5O5S/c20-7-13-16(11-4-5-30-9-11)24(23-22-13)8-15(25)21-14-6-10-2-1-3-12(18(26)27)17(10)29-19(14)28/h1-5,9,14,28H,6-8,20H2,(H,21,25)(H,26,27). The summed E-state index contributed by atoms with van der Waals surface area (Å²) in [6, 6.07) is 6.59. The molecule has 0 spiro atoms. The van der Waals surface area contributed by atoms with Gasteiger partial charge < -0.3 is 25.8 Å². The number of hydrogen-bond donors (Lipinski definition) is 4. The molecule has 1 aromatic carbocycles. The number of para-hydroxylation sites is 1. The lowest BCUT2D eigenvalue weighted by atomic mass is 9.72. The van der Waals surface area contributed by atoms with Gasteiger partial charge in [0.15, 0.2) is 0 Å². The number of rotatable bonds is 6. The second-order valence-corrected chi connectivity index (χ2v) is 7.52. The Morgan fingerprint density at radius 3 is 2.93 bits per heavy atom. The average molecular weight is 427 g/mol. The predicted molar refractivity (Wildman–Crippen MR) is 109 cm³/mol. The van der Waals surface area contributed by atoms with Crippen molar-refractivity contribution in [3.63, 3.8) is 0 Å². The Hall–Kier alpha value is -3.22. The second-order valence-electron chi connectivity index (χ2n) is 6.74. The van der Waals surface area contributed by atoms with Gasteiger partial charge in [-0.05, 0) is 29.5 Å². The molecule has 30 heavy (non-hydrogen) atoms. The fourth-order valence-electron chi connectivity index (χ4n) is 3.42. The van der Waals surface area contributed by atoms with E-state index in [1.165, 1.54) is 22.1 Å². The molecule has 12 heteroatoms. The minimum Gasteiger partial charge on any atom is -0.534 e. The Kier molecular flexibility index (Phi) is 5.53. The highest BCUT2D eigenvalue weighted by Gasteiger charge is 2.37. The van der Waals surface area contributed by atoms with E-state index in [9.17, 15) is 19.7 Å². The molecule has 3 heterocycles. The maximum atomic E-state index is 12.6. The Morgan fingerprint density at radius 2 is 2.23 bits per heavy atom. The van der Waals surface area contributed by atoms with Crippen LogP contribution in [-0.2, 0) is 24.3 Å². The van der Waals surface area contributed by atoms with E-state index in [2.05, 4.69) is 15.6 Å². The van der Waals surface area contributed by atoms with E-state index in [4.69, 9.17) is 10.4 Å². The van der Waals surface area contributed by atoms with Gasteiger partial charge >= 0.3 is 13.1 Å². The molecular formula is C18H18BN5O5S. The molecular weight excluding hydrogens is 409 g/mol. The molecule has 0 aliphatic carbocycles. The summed E-state index contributed by atoms with van der Waals surface area (Å²) in [5, 5.41) is 34.2. The van der Waals surface area contributed by atoms with Crippen molar-refractivity contribution in [3.8, 4) is 17.0 Å². The Morgan fingerprint density at radius 1 is 1.40 bits per heavy atom. The molecule has 1 aliphatic rings. The Bertz CT molecular complexity index is 1090. The van der Waals surface area contributed by atoms with Crippen molar-refractivity contribution in [2.24, 2.45) is 5.73 Å². The number of thiophene rings is 1. The molecule has 0 saturated heterocycles. The number of carboxylic acids is 1. The maximum absolute atomic E-state index is 12.6. The molecule has 0 saturated carbocycles. The van der Waals surface area contributed by atoms with Crippen molar-refractivity contribution in [2.45, 2.75) is 25.5 Å². The molecule has 1 aliphatic heterocycles. The van der Waals surface area contributed by atoms with Crippen LogP contribution in [0, 0.1) is 0 Å². The monoisotopic (exact) mass is 427 g/mol. The molecule has 10 nitrogen and oxygen atoms in total. The average Bonchev–Trinajstić information content (AvgIpc) is 3.37. The fourth-order valence-corrected chi connectivity index (χ4v) is 4.06. The molecule has 1 atom stereocenters. The van der Waals surface area contributed by atoms with Crippen molar-refractivity contribution in [1.82, 2.24) is 20.3 Å². The van der Waals surface area contributed by atoms with Gasteiger partial charge in [0, 0.05) is 17.5 Å². The van der Waals surface area contributed by atoms with Gasteiger partial charge in [-0.15, -0.1) is 5.10 Å². The van der Waals surface area contributed by atoms with E-state index in [1.54, 1.807) is 12.1 Å². The number of carboxylic acid groups (broad SMARTS) is 1. The van der Waals surface area contributed by atoms with E-state index < -0.39 is 24.9 Å². The van der Waals surface area contributed by atoms with Crippen LogP contribution in [0.3, 0.4) is 0 Å². The van der Waals surface area contributed by atoms with E-state index in [1.807, 2.05) is 16.8 Å². The van der Waals surface area contributed by atoms with Crippen LogP contribution in [0.15, 0.2) is 35.0 Å². The summed E-state index contributed by atoms with van der Waals surface area (Å²) in [5.74, 6) is -2.17. The number of nitrogens with two attached hydrogens (primary N) is 1. The highest BCUT2D eigenvalue weighted by molar-refractivity contribution is 7.08. The van der Waals surface area contributed by atoms with Crippen LogP contribution in [0.5, 0.6) is 5.75 Å². The van der Waals surface area contributed by atoms with Crippen LogP contribution in [0.4, 0.5) is 0 Å². The Balaban J connectivity index is 1.50. The molecule has 154 valence electrons. The van der Waals surface area contributed by atoms with Crippen LogP contribution in [0.1, 0.15) is 21.6 Å². The molecule has 0 radical (unpaired) electrons. The zero-order valence-corrected chi connectivity index (χ0v) is 16.5. The SMILES string of the molecule is NCc1nnn(CC(=O)NC2Cc3cccc(C(=O)O)c3OB2O)c1-c1ccsc1.